The van der Waals surface area contributed by atoms with Crippen LogP contribution >= 0.6 is 0 Å². The van der Waals surface area contributed by atoms with E-state index < -0.39 is 18.0 Å². The zero-order valence-corrected chi connectivity index (χ0v) is 15.4. The Kier molecular flexibility index (Phi) is 6.60. The van der Waals surface area contributed by atoms with E-state index in [9.17, 15) is 9.59 Å². The van der Waals surface area contributed by atoms with Crippen molar-refractivity contribution in [3.63, 3.8) is 0 Å². The predicted octanol–water partition coefficient (Wildman–Crippen LogP) is 3.26. The Labute approximate surface area is 153 Å². The average Bonchev–Trinajstić information content (AvgIpc) is 2.59. The molecule has 2 aromatic carbocycles. The van der Waals surface area contributed by atoms with Crippen LogP contribution in [0.3, 0.4) is 0 Å². The van der Waals surface area contributed by atoms with Gasteiger partial charge in [0.15, 0.2) is 12.7 Å². The van der Waals surface area contributed by atoms with Gasteiger partial charge in [0.2, 0.25) is 0 Å². The Bertz CT molecular complexity index is 750. The van der Waals surface area contributed by atoms with Crippen molar-refractivity contribution >= 4 is 17.6 Å². The second kappa shape index (κ2) is 8.89. The van der Waals surface area contributed by atoms with Gasteiger partial charge in [-0.2, -0.15) is 0 Å². The molecule has 6 heteroatoms. The first-order chi connectivity index (χ1) is 12.4. The highest BCUT2D eigenvalue weighted by molar-refractivity contribution is 5.95. The number of carbonyl (C=O) groups is 2. The molecule has 0 aliphatic carbocycles. The first kappa shape index (κ1) is 19.3. The Morgan fingerprint density at radius 2 is 1.62 bits per heavy atom. The van der Waals surface area contributed by atoms with Gasteiger partial charge in [-0.15, -0.1) is 0 Å². The Balaban J connectivity index is 1.82. The zero-order valence-electron chi connectivity index (χ0n) is 15.4. The summed E-state index contributed by atoms with van der Waals surface area (Å²) in [6.45, 7) is 5.14. The van der Waals surface area contributed by atoms with Crippen molar-refractivity contribution in [1.29, 1.82) is 0 Å². The highest BCUT2D eigenvalue weighted by atomic mass is 16.6. The van der Waals surface area contributed by atoms with Crippen molar-refractivity contribution in [2.24, 2.45) is 0 Å². The van der Waals surface area contributed by atoms with E-state index in [1.54, 1.807) is 31.4 Å². The number of hydrogen-bond donors (Lipinski definition) is 1. The number of esters is 1. The minimum atomic E-state index is -0.938. The molecule has 138 valence electrons. The van der Waals surface area contributed by atoms with Gasteiger partial charge in [-0.05, 0) is 68.3 Å². The topological polar surface area (TPSA) is 73.9 Å². The highest BCUT2D eigenvalue weighted by Gasteiger charge is 2.18. The van der Waals surface area contributed by atoms with E-state index in [-0.39, 0.29) is 6.61 Å². The number of ether oxygens (including phenoxy) is 3. The third kappa shape index (κ3) is 5.81. The van der Waals surface area contributed by atoms with Crippen LogP contribution in [0, 0.1) is 13.8 Å². The van der Waals surface area contributed by atoms with Crippen LogP contribution in [-0.2, 0) is 14.3 Å². The van der Waals surface area contributed by atoms with E-state index in [0.29, 0.717) is 17.2 Å². The van der Waals surface area contributed by atoms with Crippen LogP contribution in [0.4, 0.5) is 5.69 Å². The lowest BCUT2D eigenvalue weighted by molar-refractivity contribution is -0.155. The Hall–Kier alpha value is -3.02. The number of carbonyl (C=O) groups excluding carboxylic acids is 2. The quantitative estimate of drug-likeness (QED) is 0.770. The van der Waals surface area contributed by atoms with Crippen LogP contribution in [0.2, 0.25) is 0 Å². The third-order valence-corrected chi connectivity index (χ3v) is 3.59. The van der Waals surface area contributed by atoms with E-state index >= 15 is 0 Å². The van der Waals surface area contributed by atoms with E-state index in [1.807, 2.05) is 32.0 Å². The van der Waals surface area contributed by atoms with E-state index in [0.717, 1.165) is 11.1 Å². The fraction of sp³-hybridized carbons (Fsp3) is 0.300. The van der Waals surface area contributed by atoms with E-state index in [1.165, 1.54) is 6.92 Å². The zero-order chi connectivity index (χ0) is 19.1. The first-order valence-corrected chi connectivity index (χ1v) is 8.23. The van der Waals surface area contributed by atoms with Gasteiger partial charge >= 0.3 is 5.97 Å². The summed E-state index contributed by atoms with van der Waals surface area (Å²) >= 11 is 0. The molecule has 2 aromatic rings. The van der Waals surface area contributed by atoms with Gasteiger partial charge in [0.1, 0.15) is 11.5 Å². The molecule has 6 nitrogen and oxygen atoms in total. The molecule has 0 heterocycles. The van der Waals surface area contributed by atoms with Gasteiger partial charge < -0.3 is 19.5 Å². The summed E-state index contributed by atoms with van der Waals surface area (Å²) in [5.41, 5.74) is 2.67. The van der Waals surface area contributed by atoms with Crippen LogP contribution in [0.5, 0.6) is 11.5 Å². The number of aryl methyl sites for hydroxylation is 2. The second-order valence-corrected chi connectivity index (χ2v) is 5.96. The maximum Gasteiger partial charge on any atom is 0.344 e. The molecule has 0 saturated carbocycles. The molecule has 2 rings (SSSR count). The number of nitrogens with one attached hydrogen (secondary N) is 1. The lowest BCUT2D eigenvalue weighted by Crippen LogP contribution is -2.31. The number of benzene rings is 2. The van der Waals surface area contributed by atoms with Gasteiger partial charge in [0.05, 0.1) is 7.11 Å². The molecule has 0 fully saturated rings. The number of hydrogen-bond acceptors (Lipinski definition) is 5. The van der Waals surface area contributed by atoms with Gasteiger partial charge in [-0.25, -0.2) is 4.79 Å². The number of anilines is 1. The van der Waals surface area contributed by atoms with Crippen molar-refractivity contribution in [2.45, 2.75) is 26.9 Å². The molecule has 1 amide bonds. The van der Waals surface area contributed by atoms with Crippen LogP contribution in [-0.4, -0.2) is 31.7 Å². The molecule has 0 bridgehead atoms. The highest BCUT2D eigenvalue weighted by Crippen LogP contribution is 2.17. The van der Waals surface area contributed by atoms with Crippen LogP contribution in [0.15, 0.2) is 42.5 Å². The van der Waals surface area contributed by atoms with Crippen molar-refractivity contribution in [3.8, 4) is 11.5 Å². The lowest BCUT2D eigenvalue weighted by atomic mass is 10.1. The monoisotopic (exact) mass is 357 g/mol. The smallest absolute Gasteiger partial charge is 0.344 e. The van der Waals surface area contributed by atoms with Crippen LogP contribution < -0.4 is 14.8 Å². The van der Waals surface area contributed by atoms with Crippen molar-refractivity contribution in [2.75, 3.05) is 19.0 Å². The normalized spacial score (nSPS) is 11.4. The predicted molar refractivity (Wildman–Crippen MR) is 98.6 cm³/mol. The Morgan fingerprint density at radius 3 is 2.19 bits per heavy atom. The second-order valence-electron chi connectivity index (χ2n) is 5.96. The largest absolute Gasteiger partial charge is 0.497 e. The number of rotatable bonds is 7. The van der Waals surface area contributed by atoms with Crippen molar-refractivity contribution in [3.05, 3.63) is 53.6 Å². The molecule has 1 atom stereocenters. The molecule has 0 radical (unpaired) electrons. The van der Waals surface area contributed by atoms with Crippen molar-refractivity contribution < 1.29 is 23.8 Å². The average molecular weight is 357 g/mol. The summed E-state index contributed by atoms with van der Waals surface area (Å²) in [7, 11) is 1.56. The molecular formula is C20H23NO5. The lowest BCUT2D eigenvalue weighted by Gasteiger charge is -2.14. The minimum absolute atomic E-state index is 0.261. The molecule has 26 heavy (non-hydrogen) atoms. The Morgan fingerprint density at radius 1 is 1.00 bits per heavy atom. The standard InChI is InChI=1S/C20H23NO5/c1-13-9-14(2)11-18(10-13)25-12-19(22)26-15(3)20(23)21-16-5-7-17(24-4)8-6-16/h5-11,15H,12H2,1-4H3,(H,21,23)/t15-/m1/s1. The van der Waals surface area contributed by atoms with Gasteiger partial charge in [0, 0.05) is 5.69 Å². The molecule has 1 N–H and O–H groups in total. The van der Waals surface area contributed by atoms with Crippen LogP contribution in [0.25, 0.3) is 0 Å². The number of amides is 1. The first-order valence-electron chi connectivity index (χ1n) is 8.23. The fourth-order valence-corrected chi connectivity index (χ4v) is 2.36. The molecule has 0 unspecified atom stereocenters. The number of methoxy groups -OCH3 is 1. The van der Waals surface area contributed by atoms with Gasteiger partial charge in [0.25, 0.3) is 5.91 Å². The summed E-state index contributed by atoms with van der Waals surface area (Å²) < 4.78 is 15.6. The van der Waals surface area contributed by atoms with E-state index in [2.05, 4.69) is 5.32 Å². The van der Waals surface area contributed by atoms with Crippen molar-refractivity contribution in [1.82, 2.24) is 0 Å². The molecular weight excluding hydrogens is 334 g/mol. The SMILES string of the molecule is COc1ccc(NC(=O)[C@@H](C)OC(=O)COc2cc(C)cc(C)c2)cc1. The third-order valence-electron chi connectivity index (χ3n) is 3.59. The molecule has 0 aliphatic rings. The summed E-state index contributed by atoms with van der Waals surface area (Å²) in [5, 5.41) is 2.67. The van der Waals surface area contributed by atoms with E-state index in [4.69, 9.17) is 14.2 Å². The molecule has 0 aromatic heterocycles. The maximum atomic E-state index is 12.1. The van der Waals surface area contributed by atoms with Crippen LogP contribution in [0.1, 0.15) is 18.1 Å². The summed E-state index contributed by atoms with van der Waals surface area (Å²) in [6.07, 6.45) is -0.938. The molecule has 0 spiro atoms. The summed E-state index contributed by atoms with van der Waals surface area (Å²) in [5.74, 6) is 0.247. The fourth-order valence-electron chi connectivity index (χ4n) is 2.36. The van der Waals surface area contributed by atoms with Gasteiger partial charge in [-0.3, -0.25) is 4.79 Å². The maximum absolute atomic E-state index is 12.1. The summed E-state index contributed by atoms with van der Waals surface area (Å²) in [6, 6.07) is 12.5. The summed E-state index contributed by atoms with van der Waals surface area (Å²) in [4.78, 5) is 24.0. The molecule has 0 aliphatic heterocycles. The minimum Gasteiger partial charge on any atom is -0.497 e. The van der Waals surface area contributed by atoms with Gasteiger partial charge in [-0.1, -0.05) is 6.07 Å². The molecule has 0 saturated heterocycles.